The molecule has 2 fully saturated rings. The number of hydrogen-bond donors (Lipinski definition) is 1. The molecule has 1 N–H and O–H groups in total. The highest BCUT2D eigenvalue weighted by molar-refractivity contribution is 5.86. The Bertz CT molecular complexity index is 1000. The molecule has 0 spiro atoms. The fourth-order valence-electron chi connectivity index (χ4n) is 3.96. The topological polar surface area (TPSA) is 89.7 Å². The molecule has 2 aliphatic rings. The quantitative estimate of drug-likeness (QED) is 0.743. The minimum atomic E-state index is -1.03. The lowest BCUT2D eigenvalue weighted by atomic mass is 10.2. The van der Waals surface area contributed by atoms with Crippen molar-refractivity contribution in [1.82, 2.24) is 14.5 Å². The van der Waals surface area contributed by atoms with Crippen molar-refractivity contribution in [2.45, 2.75) is 18.2 Å². The van der Waals surface area contributed by atoms with Gasteiger partial charge in [0.2, 0.25) is 0 Å². The molecule has 8 heteroatoms. The van der Waals surface area contributed by atoms with Gasteiger partial charge >= 0.3 is 5.97 Å². The first-order chi connectivity index (χ1) is 13.7. The minimum Gasteiger partial charge on any atom is -0.477 e. The highest BCUT2D eigenvalue weighted by Crippen LogP contribution is 2.29. The standard InChI is InChI=1S/C20H20N4O4/c25-20(26)16-7-13(5-6-21-16)23-8-18-19(9-23)28-11-14(10-27-18)24-12-22-15-3-1-2-4-17(15)24/h1-7,12,14,18-19H,8-11H2,(H,25,26)/t18-,19-/m0/s1. The van der Waals surface area contributed by atoms with Gasteiger partial charge in [-0.2, -0.15) is 0 Å². The molecule has 3 aromatic rings. The first-order valence-electron chi connectivity index (χ1n) is 9.28. The lowest BCUT2D eigenvalue weighted by Gasteiger charge is -2.21. The van der Waals surface area contributed by atoms with Crippen molar-refractivity contribution in [2.75, 3.05) is 31.2 Å². The summed E-state index contributed by atoms with van der Waals surface area (Å²) in [7, 11) is 0. The van der Waals surface area contributed by atoms with E-state index in [-0.39, 0.29) is 23.9 Å². The number of benzene rings is 1. The number of anilines is 1. The Balaban J connectivity index is 1.30. The van der Waals surface area contributed by atoms with Crippen molar-refractivity contribution < 1.29 is 19.4 Å². The summed E-state index contributed by atoms with van der Waals surface area (Å²) >= 11 is 0. The number of carbonyl (C=O) groups is 1. The molecule has 2 saturated heterocycles. The van der Waals surface area contributed by atoms with Crippen LogP contribution in [0.4, 0.5) is 5.69 Å². The zero-order valence-electron chi connectivity index (χ0n) is 15.1. The summed E-state index contributed by atoms with van der Waals surface area (Å²) in [4.78, 5) is 21.6. The van der Waals surface area contributed by atoms with E-state index >= 15 is 0 Å². The van der Waals surface area contributed by atoms with Gasteiger partial charge in [-0.15, -0.1) is 0 Å². The first kappa shape index (κ1) is 17.2. The van der Waals surface area contributed by atoms with Gasteiger partial charge in [0.25, 0.3) is 0 Å². The Morgan fingerprint density at radius 1 is 1.07 bits per heavy atom. The fourth-order valence-corrected chi connectivity index (χ4v) is 3.96. The summed E-state index contributed by atoms with van der Waals surface area (Å²) in [5.74, 6) is -1.03. The monoisotopic (exact) mass is 380 g/mol. The van der Waals surface area contributed by atoms with Gasteiger partial charge in [-0.1, -0.05) is 12.1 Å². The van der Waals surface area contributed by atoms with Gasteiger partial charge in [0.05, 0.1) is 36.6 Å². The smallest absolute Gasteiger partial charge is 0.354 e. The molecule has 0 bridgehead atoms. The maximum atomic E-state index is 11.2. The van der Waals surface area contributed by atoms with Crippen LogP contribution >= 0.6 is 0 Å². The van der Waals surface area contributed by atoms with Crippen molar-refractivity contribution in [1.29, 1.82) is 0 Å². The SMILES string of the molecule is O=C(O)c1cc(N2C[C@@H]3OCC(n4cnc5ccccc54)CO[C@H]3C2)ccn1. The Morgan fingerprint density at radius 2 is 1.82 bits per heavy atom. The Kier molecular flexibility index (Phi) is 4.22. The zero-order valence-corrected chi connectivity index (χ0v) is 15.1. The van der Waals surface area contributed by atoms with Gasteiger partial charge in [0.1, 0.15) is 17.9 Å². The van der Waals surface area contributed by atoms with Gasteiger partial charge in [-0.05, 0) is 24.3 Å². The number of para-hydroxylation sites is 2. The molecule has 2 aromatic heterocycles. The van der Waals surface area contributed by atoms with Crippen LogP contribution in [0.15, 0.2) is 48.9 Å². The number of rotatable bonds is 3. The predicted octanol–water partition coefficient (Wildman–Crippen LogP) is 1.97. The third-order valence-electron chi connectivity index (χ3n) is 5.42. The van der Waals surface area contributed by atoms with Crippen molar-refractivity contribution in [3.63, 3.8) is 0 Å². The number of aromatic nitrogens is 3. The molecule has 0 unspecified atom stereocenters. The molecule has 2 atom stereocenters. The van der Waals surface area contributed by atoms with Crippen LogP contribution in [-0.2, 0) is 9.47 Å². The Hall–Kier alpha value is -2.97. The highest BCUT2D eigenvalue weighted by Gasteiger charge is 2.38. The zero-order chi connectivity index (χ0) is 19.1. The third kappa shape index (κ3) is 3.00. The van der Waals surface area contributed by atoms with Crippen LogP contribution in [0.5, 0.6) is 0 Å². The summed E-state index contributed by atoms with van der Waals surface area (Å²) in [5, 5.41) is 9.15. The average Bonchev–Trinajstić information content (AvgIpc) is 3.28. The van der Waals surface area contributed by atoms with E-state index in [1.807, 2.05) is 30.6 Å². The normalized spacial score (nSPS) is 22.9. The van der Waals surface area contributed by atoms with E-state index in [9.17, 15) is 4.79 Å². The molecule has 2 aliphatic heterocycles. The van der Waals surface area contributed by atoms with Gasteiger partial charge in [0, 0.05) is 25.0 Å². The van der Waals surface area contributed by atoms with Gasteiger partial charge in [0.15, 0.2) is 0 Å². The van der Waals surface area contributed by atoms with Crippen LogP contribution in [0, 0.1) is 0 Å². The first-order valence-corrected chi connectivity index (χ1v) is 9.28. The van der Waals surface area contributed by atoms with E-state index in [2.05, 4.69) is 25.5 Å². The van der Waals surface area contributed by atoms with Gasteiger partial charge in [-0.25, -0.2) is 14.8 Å². The number of ether oxygens (including phenoxy) is 2. The Labute approximate surface area is 161 Å². The molecule has 0 saturated carbocycles. The summed E-state index contributed by atoms with van der Waals surface area (Å²) in [6, 6.07) is 11.5. The molecular formula is C20H20N4O4. The van der Waals surface area contributed by atoms with E-state index in [1.54, 1.807) is 6.07 Å². The number of hydrogen-bond acceptors (Lipinski definition) is 6. The largest absolute Gasteiger partial charge is 0.477 e. The van der Waals surface area contributed by atoms with E-state index in [4.69, 9.17) is 14.6 Å². The lowest BCUT2D eigenvalue weighted by molar-refractivity contribution is -0.00461. The molecule has 0 amide bonds. The minimum absolute atomic E-state index is 0.0403. The maximum absolute atomic E-state index is 11.2. The fraction of sp³-hybridized carbons (Fsp3) is 0.350. The van der Waals surface area contributed by atoms with E-state index in [0.717, 1.165) is 16.7 Å². The van der Waals surface area contributed by atoms with Crippen LogP contribution in [0.2, 0.25) is 0 Å². The number of carboxylic acids is 1. The number of imidazole rings is 1. The van der Waals surface area contributed by atoms with Crippen LogP contribution < -0.4 is 4.90 Å². The summed E-state index contributed by atoms with van der Waals surface area (Å²) in [6.45, 7) is 2.41. The third-order valence-corrected chi connectivity index (χ3v) is 5.42. The van der Waals surface area contributed by atoms with Crippen molar-refractivity contribution in [3.05, 3.63) is 54.6 Å². The molecule has 28 heavy (non-hydrogen) atoms. The number of carboxylic acid groups (broad SMARTS) is 1. The molecule has 0 aliphatic carbocycles. The molecule has 0 radical (unpaired) electrons. The second-order valence-corrected chi connectivity index (χ2v) is 7.15. The van der Waals surface area contributed by atoms with Crippen LogP contribution in [0.25, 0.3) is 11.0 Å². The highest BCUT2D eigenvalue weighted by atomic mass is 16.6. The average molecular weight is 380 g/mol. The van der Waals surface area contributed by atoms with E-state index in [1.165, 1.54) is 6.20 Å². The molecule has 5 rings (SSSR count). The maximum Gasteiger partial charge on any atom is 0.354 e. The molecule has 4 heterocycles. The summed E-state index contributed by atoms with van der Waals surface area (Å²) in [5.41, 5.74) is 2.90. The second kappa shape index (κ2) is 6.88. The van der Waals surface area contributed by atoms with Crippen LogP contribution in [0.3, 0.4) is 0 Å². The predicted molar refractivity (Wildman–Crippen MR) is 102 cm³/mol. The number of aromatic carboxylic acids is 1. The molecular weight excluding hydrogens is 360 g/mol. The van der Waals surface area contributed by atoms with Crippen molar-refractivity contribution in [3.8, 4) is 0 Å². The van der Waals surface area contributed by atoms with Crippen LogP contribution in [0.1, 0.15) is 16.5 Å². The number of pyridine rings is 1. The lowest BCUT2D eigenvalue weighted by Crippen LogP contribution is -2.27. The number of nitrogens with zero attached hydrogens (tertiary/aromatic N) is 4. The van der Waals surface area contributed by atoms with Gasteiger partial charge < -0.3 is 24.0 Å². The molecule has 1 aromatic carbocycles. The second-order valence-electron chi connectivity index (χ2n) is 7.15. The summed E-state index contributed by atoms with van der Waals surface area (Å²) in [6.07, 6.45) is 3.26. The summed E-state index contributed by atoms with van der Waals surface area (Å²) < 4.78 is 14.5. The Morgan fingerprint density at radius 3 is 2.57 bits per heavy atom. The van der Waals surface area contributed by atoms with Crippen LogP contribution in [-0.4, -0.2) is 64.1 Å². The number of fused-ring (bicyclic) bond motifs is 2. The molecule has 144 valence electrons. The van der Waals surface area contributed by atoms with Crippen molar-refractivity contribution in [2.24, 2.45) is 0 Å². The van der Waals surface area contributed by atoms with Crippen molar-refractivity contribution >= 4 is 22.7 Å². The molecule has 8 nitrogen and oxygen atoms in total. The van der Waals surface area contributed by atoms with E-state index < -0.39 is 5.97 Å². The van der Waals surface area contributed by atoms with E-state index in [0.29, 0.717) is 26.3 Å². The van der Waals surface area contributed by atoms with Gasteiger partial charge in [-0.3, -0.25) is 0 Å².